The van der Waals surface area contributed by atoms with Gasteiger partial charge in [-0.3, -0.25) is 0 Å². The Morgan fingerprint density at radius 1 is 0.409 bits per heavy atom. The molecule has 0 bridgehead atoms. The van der Waals surface area contributed by atoms with E-state index < -0.39 is 13.8 Å². The highest BCUT2D eigenvalue weighted by Crippen LogP contribution is 1.92. The van der Waals surface area contributed by atoms with Crippen LogP contribution in [-0.4, -0.2) is 23.9 Å². The first-order valence-corrected chi connectivity index (χ1v) is 7.31. The molecule has 0 aromatic heterocycles. The van der Waals surface area contributed by atoms with Crippen LogP contribution in [0.2, 0.25) is 0 Å². The molecule has 0 radical (unpaired) electrons. The molecule has 3 aromatic rings. The standard InChI is InChI=1S/C18H16B2O2/c21-19(15-7-3-1-4-8-15)17-11-13-18(14-12-17)20(22)16-9-5-2-6-10-16/h1-14,21-22H. The van der Waals surface area contributed by atoms with Gasteiger partial charge in [-0.05, 0) is 21.9 Å². The zero-order chi connectivity index (χ0) is 15.4. The topological polar surface area (TPSA) is 40.5 Å². The van der Waals surface area contributed by atoms with Gasteiger partial charge in [-0.15, -0.1) is 0 Å². The van der Waals surface area contributed by atoms with E-state index in [9.17, 15) is 10.0 Å². The molecule has 0 fully saturated rings. The molecule has 0 saturated carbocycles. The fourth-order valence-electron chi connectivity index (χ4n) is 2.52. The Morgan fingerprint density at radius 3 is 1.00 bits per heavy atom. The number of benzene rings is 3. The quantitative estimate of drug-likeness (QED) is 0.657. The third-order valence-corrected chi connectivity index (χ3v) is 3.80. The summed E-state index contributed by atoms with van der Waals surface area (Å²) in [7, 11) is 0. The van der Waals surface area contributed by atoms with Gasteiger partial charge >= 0.3 is 13.8 Å². The normalized spacial score (nSPS) is 10.3. The molecule has 0 amide bonds. The zero-order valence-electron chi connectivity index (χ0n) is 12.1. The summed E-state index contributed by atoms with van der Waals surface area (Å²) in [4.78, 5) is 0. The lowest BCUT2D eigenvalue weighted by atomic mass is 9.53. The van der Waals surface area contributed by atoms with Gasteiger partial charge in [0.25, 0.3) is 0 Å². The van der Waals surface area contributed by atoms with E-state index in [0.29, 0.717) is 0 Å². The summed E-state index contributed by atoms with van der Waals surface area (Å²) in [5, 5.41) is 20.8. The van der Waals surface area contributed by atoms with Crippen LogP contribution in [0.1, 0.15) is 0 Å². The monoisotopic (exact) mass is 286 g/mol. The molecule has 0 atom stereocenters. The lowest BCUT2D eigenvalue weighted by Gasteiger charge is -2.10. The summed E-state index contributed by atoms with van der Waals surface area (Å²) < 4.78 is 0. The van der Waals surface area contributed by atoms with Crippen LogP contribution in [0.25, 0.3) is 0 Å². The average molecular weight is 286 g/mol. The van der Waals surface area contributed by atoms with Crippen molar-refractivity contribution in [2.45, 2.75) is 0 Å². The Bertz CT molecular complexity index is 651. The van der Waals surface area contributed by atoms with Crippen LogP contribution in [0.4, 0.5) is 0 Å². The van der Waals surface area contributed by atoms with Crippen LogP contribution in [0.5, 0.6) is 0 Å². The Labute approximate surface area is 131 Å². The van der Waals surface area contributed by atoms with Crippen molar-refractivity contribution in [3.8, 4) is 0 Å². The van der Waals surface area contributed by atoms with Crippen LogP contribution < -0.4 is 21.9 Å². The van der Waals surface area contributed by atoms with E-state index in [1.807, 2.05) is 84.9 Å². The maximum Gasteiger partial charge on any atom is 0.358 e. The van der Waals surface area contributed by atoms with Crippen LogP contribution in [0.3, 0.4) is 0 Å². The van der Waals surface area contributed by atoms with E-state index in [0.717, 1.165) is 21.9 Å². The first-order chi connectivity index (χ1) is 10.8. The molecule has 2 nitrogen and oxygen atoms in total. The van der Waals surface area contributed by atoms with Crippen molar-refractivity contribution in [3.05, 3.63) is 84.9 Å². The lowest BCUT2D eigenvalue weighted by molar-refractivity contribution is 0.598. The van der Waals surface area contributed by atoms with Gasteiger partial charge in [-0.25, -0.2) is 0 Å². The number of hydrogen-bond acceptors (Lipinski definition) is 2. The number of hydrogen-bond donors (Lipinski definition) is 2. The predicted molar refractivity (Wildman–Crippen MR) is 93.8 cm³/mol. The van der Waals surface area contributed by atoms with Gasteiger partial charge in [-0.2, -0.15) is 0 Å². The van der Waals surface area contributed by atoms with Gasteiger partial charge in [0.1, 0.15) is 0 Å². The molecule has 0 aliphatic heterocycles. The molecule has 4 heteroatoms. The van der Waals surface area contributed by atoms with E-state index in [4.69, 9.17) is 0 Å². The van der Waals surface area contributed by atoms with E-state index >= 15 is 0 Å². The van der Waals surface area contributed by atoms with Crippen molar-refractivity contribution in [2.75, 3.05) is 0 Å². The second-order valence-corrected chi connectivity index (χ2v) is 5.29. The highest BCUT2D eigenvalue weighted by molar-refractivity contribution is 6.80. The first kappa shape index (κ1) is 14.6. The van der Waals surface area contributed by atoms with Crippen LogP contribution in [0.15, 0.2) is 84.9 Å². The van der Waals surface area contributed by atoms with Gasteiger partial charge < -0.3 is 10.0 Å². The molecule has 3 aromatic carbocycles. The van der Waals surface area contributed by atoms with Crippen molar-refractivity contribution in [3.63, 3.8) is 0 Å². The zero-order valence-corrected chi connectivity index (χ0v) is 12.1. The number of rotatable bonds is 4. The highest BCUT2D eigenvalue weighted by Gasteiger charge is 2.19. The molecule has 3 rings (SSSR count). The molecule has 0 saturated heterocycles. The van der Waals surface area contributed by atoms with Crippen molar-refractivity contribution in [2.24, 2.45) is 0 Å². The average Bonchev–Trinajstić information content (AvgIpc) is 2.62. The highest BCUT2D eigenvalue weighted by atomic mass is 16.2. The molecule has 0 aliphatic rings. The Morgan fingerprint density at radius 2 is 0.682 bits per heavy atom. The Kier molecular flexibility index (Phi) is 4.42. The molecule has 0 unspecified atom stereocenters. The maximum absolute atomic E-state index is 10.4. The Hall–Kier alpha value is -2.29. The van der Waals surface area contributed by atoms with Gasteiger partial charge in [0.2, 0.25) is 0 Å². The van der Waals surface area contributed by atoms with E-state index in [1.165, 1.54) is 0 Å². The summed E-state index contributed by atoms with van der Waals surface area (Å²) in [6, 6.07) is 26.5. The molecular formula is C18H16B2O2. The summed E-state index contributed by atoms with van der Waals surface area (Å²) in [5.74, 6) is 0. The Balaban J connectivity index is 1.81. The SMILES string of the molecule is OB(c1ccccc1)c1ccc(B(O)c2ccccc2)cc1. The van der Waals surface area contributed by atoms with Gasteiger partial charge in [0, 0.05) is 0 Å². The summed E-state index contributed by atoms with van der Waals surface area (Å²) in [6.45, 7) is -1.30. The fourth-order valence-corrected chi connectivity index (χ4v) is 2.52. The third kappa shape index (κ3) is 3.14. The van der Waals surface area contributed by atoms with E-state index in [1.54, 1.807) is 0 Å². The van der Waals surface area contributed by atoms with Gasteiger partial charge in [0.05, 0.1) is 0 Å². The maximum atomic E-state index is 10.4. The van der Waals surface area contributed by atoms with Gasteiger partial charge in [0.15, 0.2) is 0 Å². The smallest absolute Gasteiger partial charge is 0.358 e. The van der Waals surface area contributed by atoms with Crippen molar-refractivity contribution in [1.82, 2.24) is 0 Å². The van der Waals surface area contributed by atoms with Crippen molar-refractivity contribution in [1.29, 1.82) is 0 Å². The second-order valence-electron chi connectivity index (χ2n) is 5.29. The largest absolute Gasteiger partial charge is 0.443 e. The van der Waals surface area contributed by atoms with Crippen LogP contribution in [-0.2, 0) is 0 Å². The van der Waals surface area contributed by atoms with Gasteiger partial charge in [-0.1, -0.05) is 84.9 Å². The van der Waals surface area contributed by atoms with E-state index in [-0.39, 0.29) is 0 Å². The minimum Gasteiger partial charge on any atom is -0.443 e. The fraction of sp³-hybridized carbons (Fsp3) is 0. The molecule has 0 heterocycles. The molecule has 2 N–H and O–H groups in total. The second kappa shape index (κ2) is 6.65. The minimum atomic E-state index is -0.649. The molecule has 0 spiro atoms. The van der Waals surface area contributed by atoms with Crippen molar-refractivity contribution >= 4 is 35.7 Å². The first-order valence-electron chi connectivity index (χ1n) is 7.31. The predicted octanol–water partition coefficient (Wildman–Crippen LogP) is -0.117. The summed E-state index contributed by atoms with van der Waals surface area (Å²) in [5.41, 5.74) is 3.35. The molecule has 0 aliphatic carbocycles. The van der Waals surface area contributed by atoms with Crippen LogP contribution in [0, 0.1) is 0 Å². The molecule has 22 heavy (non-hydrogen) atoms. The van der Waals surface area contributed by atoms with Crippen molar-refractivity contribution < 1.29 is 10.0 Å². The summed E-state index contributed by atoms with van der Waals surface area (Å²) in [6.07, 6.45) is 0. The van der Waals surface area contributed by atoms with E-state index in [2.05, 4.69) is 0 Å². The third-order valence-electron chi connectivity index (χ3n) is 3.80. The molecular weight excluding hydrogens is 270 g/mol. The lowest BCUT2D eigenvalue weighted by Crippen LogP contribution is -2.45. The van der Waals surface area contributed by atoms with Crippen LogP contribution >= 0.6 is 0 Å². The summed E-state index contributed by atoms with van der Waals surface area (Å²) >= 11 is 0. The molecule has 106 valence electrons. The minimum absolute atomic E-state index is 0.649.